The third-order valence-electron chi connectivity index (χ3n) is 7.16. The molecule has 0 saturated carbocycles. The Balaban J connectivity index is 1.44. The van der Waals surface area contributed by atoms with Crippen LogP contribution in [0.25, 0.3) is 28.1 Å². The molecule has 5 aromatic rings. The lowest BCUT2D eigenvalue weighted by Gasteiger charge is -2.34. The molecule has 0 radical (unpaired) electrons. The molecule has 6 rings (SSSR count). The summed E-state index contributed by atoms with van der Waals surface area (Å²) in [6.45, 7) is 3.79. The first-order valence-corrected chi connectivity index (χ1v) is 13.3. The molecule has 0 atom stereocenters. The highest BCUT2D eigenvalue weighted by Crippen LogP contribution is 2.32. The summed E-state index contributed by atoms with van der Waals surface area (Å²) >= 11 is 0. The molecule has 3 heterocycles. The Kier molecular flexibility index (Phi) is 7.13. The molecule has 42 heavy (non-hydrogen) atoms. The summed E-state index contributed by atoms with van der Waals surface area (Å²) in [5.74, 6) is -0.864. The second kappa shape index (κ2) is 11.1. The number of methoxy groups -OCH3 is 1. The number of anilines is 4. The Hall–Kier alpha value is -5.10. The maximum Gasteiger partial charge on any atom is 0.283 e. The SMILES string of the molecule is COc1cc(N2CCN(C)CC2)ccc1Nc1ncc2nc(-c3cc(F)cc(F)c3)c(=O)n(-c3cccc(N)c3)c2n1. The molecule has 3 aromatic carbocycles. The zero-order valence-electron chi connectivity index (χ0n) is 23.0. The number of likely N-dealkylation sites (N-methyl/N-ethyl adjacent to an activating group) is 1. The second-order valence-electron chi connectivity index (χ2n) is 10.1. The molecule has 0 bridgehead atoms. The first-order valence-electron chi connectivity index (χ1n) is 13.3. The number of aromatic nitrogens is 4. The van der Waals surface area contributed by atoms with E-state index in [0.717, 1.165) is 50.1 Å². The normalized spacial score (nSPS) is 13.9. The first-order chi connectivity index (χ1) is 20.3. The van der Waals surface area contributed by atoms with E-state index in [1.165, 1.54) is 10.8 Å². The third-order valence-corrected chi connectivity index (χ3v) is 7.16. The zero-order valence-corrected chi connectivity index (χ0v) is 23.0. The lowest BCUT2D eigenvalue weighted by atomic mass is 10.1. The summed E-state index contributed by atoms with van der Waals surface area (Å²) < 4.78 is 35.1. The Morgan fingerprint density at radius 3 is 2.40 bits per heavy atom. The van der Waals surface area contributed by atoms with E-state index in [2.05, 4.69) is 37.1 Å². The van der Waals surface area contributed by atoms with Crippen LogP contribution < -0.4 is 26.2 Å². The van der Waals surface area contributed by atoms with Crippen molar-refractivity contribution in [1.29, 1.82) is 0 Å². The maximum atomic E-state index is 14.1. The van der Waals surface area contributed by atoms with Crippen LogP contribution in [-0.2, 0) is 0 Å². The largest absolute Gasteiger partial charge is 0.494 e. The minimum atomic E-state index is -0.829. The number of hydrogen-bond donors (Lipinski definition) is 2. The van der Waals surface area contributed by atoms with Gasteiger partial charge >= 0.3 is 0 Å². The van der Waals surface area contributed by atoms with Crippen LogP contribution in [-0.4, -0.2) is 64.8 Å². The summed E-state index contributed by atoms with van der Waals surface area (Å²) in [6, 6.07) is 15.4. The predicted molar refractivity (Wildman–Crippen MR) is 159 cm³/mol. The minimum Gasteiger partial charge on any atom is -0.494 e. The van der Waals surface area contributed by atoms with Gasteiger partial charge in [-0.25, -0.2) is 18.7 Å². The number of hydrogen-bond acceptors (Lipinski definition) is 9. The summed E-state index contributed by atoms with van der Waals surface area (Å²) in [6.07, 6.45) is 1.44. The van der Waals surface area contributed by atoms with E-state index in [1.54, 1.807) is 31.4 Å². The van der Waals surface area contributed by atoms with Gasteiger partial charge in [0.05, 0.1) is 24.7 Å². The van der Waals surface area contributed by atoms with Gasteiger partial charge in [0.1, 0.15) is 28.6 Å². The fraction of sp³-hybridized carbons (Fsp3) is 0.200. The predicted octanol–water partition coefficient (Wildman–Crippen LogP) is 4.21. The molecule has 0 amide bonds. The van der Waals surface area contributed by atoms with Gasteiger partial charge < -0.3 is 25.6 Å². The number of fused-ring (bicyclic) bond motifs is 1. The standard InChI is InChI=1S/C30H28F2N8O2/c1-38-8-10-39(11-9-38)22-6-7-24(26(16-22)42-2)36-30-34-17-25-28(37-30)40(23-5-3-4-21(33)15-23)29(41)27(35-25)18-12-19(31)14-20(32)13-18/h3-7,12-17H,8-11,33H2,1-2H3,(H,34,36,37). The summed E-state index contributed by atoms with van der Waals surface area (Å²) in [5, 5.41) is 3.18. The quantitative estimate of drug-likeness (QED) is 0.290. The van der Waals surface area contributed by atoms with E-state index >= 15 is 0 Å². The van der Waals surface area contributed by atoms with Gasteiger partial charge in [0.25, 0.3) is 5.56 Å². The number of rotatable bonds is 6. The lowest BCUT2D eigenvalue weighted by Crippen LogP contribution is -2.44. The number of ether oxygens (including phenoxy) is 1. The molecular formula is C30H28F2N8O2. The van der Waals surface area contributed by atoms with Crippen molar-refractivity contribution >= 4 is 34.2 Å². The van der Waals surface area contributed by atoms with Gasteiger partial charge in [-0.05, 0) is 49.5 Å². The molecule has 1 aliphatic rings. The molecule has 3 N–H and O–H groups in total. The molecular weight excluding hydrogens is 542 g/mol. The first kappa shape index (κ1) is 27.1. The average molecular weight is 571 g/mol. The maximum absolute atomic E-state index is 14.1. The molecule has 1 aliphatic heterocycles. The molecule has 0 aliphatic carbocycles. The van der Waals surface area contributed by atoms with E-state index in [9.17, 15) is 13.6 Å². The summed E-state index contributed by atoms with van der Waals surface area (Å²) in [7, 11) is 3.70. The monoisotopic (exact) mass is 570 g/mol. The van der Waals surface area contributed by atoms with Crippen molar-refractivity contribution in [3.8, 4) is 22.7 Å². The Morgan fingerprint density at radius 2 is 1.69 bits per heavy atom. The number of nitrogens with one attached hydrogen (secondary N) is 1. The topological polar surface area (TPSA) is 114 Å². The van der Waals surface area contributed by atoms with Crippen molar-refractivity contribution < 1.29 is 13.5 Å². The number of halogens is 2. The Bertz CT molecular complexity index is 1830. The summed E-state index contributed by atoms with van der Waals surface area (Å²) in [5.41, 5.74) is 8.14. The van der Waals surface area contributed by atoms with Crippen LogP contribution in [0.3, 0.4) is 0 Å². The van der Waals surface area contributed by atoms with Crippen molar-refractivity contribution in [2.75, 3.05) is 56.3 Å². The fourth-order valence-corrected chi connectivity index (χ4v) is 4.99. The van der Waals surface area contributed by atoms with Crippen LogP contribution in [0.1, 0.15) is 0 Å². The molecule has 214 valence electrons. The van der Waals surface area contributed by atoms with E-state index < -0.39 is 17.2 Å². The fourth-order valence-electron chi connectivity index (χ4n) is 4.99. The highest BCUT2D eigenvalue weighted by atomic mass is 19.1. The van der Waals surface area contributed by atoms with Crippen molar-refractivity contribution in [1.82, 2.24) is 24.4 Å². The average Bonchev–Trinajstić information content (AvgIpc) is 2.97. The smallest absolute Gasteiger partial charge is 0.283 e. The summed E-state index contributed by atoms with van der Waals surface area (Å²) in [4.78, 5) is 31.8. The number of piperazine rings is 1. The zero-order chi connectivity index (χ0) is 29.4. The van der Waals surface area contributed by atoms with E-state index in [1.807, 2.05) is 18.2 Å². The van der Waals surface area contributed by atoms with Gasteiger partial charge in [0.2, 0.25) is 5.95 Å². The highest BCUT2D eigenvalue weighted by molar-refractivity contribution is 5.78. The van der Waals surface area contributed by atoms with Crippen LogP contribution in [0.15, 0.2) is 71.7 Å². The Labute approximate surface area is 240 Å². The van der Waals surface area contributed by atoms with Crippen LogP contribution in [0, 0.1) is 11.6 Å². The number of benzene rings is 3. The lowest BCUT2D eigenvalue weighted by molar-refractivity contribution is 0.312. The number of nitrogens with zero attached hydrogens (tertiary/aromatic N) is 6. The third kappa shape index (κ3) is 5.31. The van der Waals surface area contributed by atoms with E-state index in [0.29, 0.717) is 22.8 Å². The molecule has 12 heteroatoms. The molecule has 0 unspecified atom stereocenters. The van der Waals surface area contributed by atoms with Gasteiger partial charge in [0.15, 0.2) is 5.65 Å². The second-order valence-corrected chi connectivity index (χ2v) is 10.1. The van der Waals surface area contributed by atoms with Crippen LogP contribution in [0.2, 0.25) is 0 Å². The van der Waals surface area contributed by atoms with Crippen LogP contribution >= 0.6 is 0 Å². The van der Waals surface area contributed by atoms with Gasteiger partial charge in [-0.1, -0.05) is 6.07 Å². The van der Waals surface area contributed by atoms with Gasteiger partial charge in [0, 0.05) is 55.2 Å². The van der Waals surface area contributed by atoms with Crippen molar-refractivity contribution in [2.45, 2.75) is 0 Å². The number of nitrogens with two attached hydrogens (primary N) is 1. The van der Waals surface area contributed by atoms with Gasteiger partial charge in [-0.2, -0.15) is 4.98 Å². The van der Waals surface area contributed by atoms with Crippen molar-refractivity contribution in [3.63, 3.8) is 0 Å². The Morgan fingerprint density at radius 1 is 0.929 bits per heavy atom. The molecule has 1 saturated heterocycles. The minimum absolute atomic E-state index is 0.00979. The molecule has 0 spiro atoms. The van der Waals surface area contributed by atoms with Crippen LogP contribution in [0.4, 0.5) is 31.8 Å². The van der Waals surface area contributed by atoms with E-state index in [-0.39, 0.29) is 28.4 Å². The molecule has 1 fully saturated rings. The van der Waals surface area contributed by atoms with Gasteiger partial charge in [-0.15, -0.1) is 0 Å². The number of nitrogen functional groups attached to an aromatic ring is 1. The molecule has 2 aromatic heterocycles. The van der Waals surface area contributed by atoms with Crippen LogP contribution in [0.5, 0.6) is 5.75 Å². The van der Waals surface area contributed by atoms with Gasteiger partial charge in [-0.3, -0.25) is 9.36 Å². The highest BCUT2D eigenvalue weighted by Gasteiger charge is 2.19. The van der Waals surface area contributed by atoms with E-state index in [4.69, 9.17) is 10.5 Å². The van der Waals surface area contributed by atoms with Crippen molar-refractivity contribution in [3.05, 3.63) is 88.8 Å². The van der Waals surface area contributed by atoms with Crippen molar-refractivity contribution in [2.24, 2.45) is 0 Å². The molecule has 10 nitrogen and oxygen atoms in total.